The van der Waals surface area contributed by atoms with Gasteiger partial charge in [0.2, 0.25) is 0 Å². The zero-order valence-corrected chi connectivity index (χ0v) is 19.2. The number of rotatable bonds is 7. The van der Waals surface area contributed by atoms with Gasteiger partial charge in [0.15, 0.2) is 11.5 Å². The summed E-state index contributed by atoms with van der Waals surface area (Å²) in [5, 5.41) is 11.4. The molecule has 0 spiro atoms. The van der Waals surface area contributed by atoms with E-state index in [4.69, 9.17) is 9.47 Å². The number of hydrogen-bond donors (Lipinski definition) is 1. The van der Waals surface area contributed by atoms with Crippen molar-refractivity contribution in [1.82, 2.24) is 0 Å². The summed E-state index contributed by atoms with van der Waals surface area (Å²) in [7, 11) is 0. The van der Waals surface area contributed by atoms with E-state index in [1.54, 1.807) is 46.9 Å². The van der Waals surface area contributed by atoms with Crippen molar-refractivity contribution < 1.29 is 19.4 Å². The maximum Gasteiger partial charge on any atom is 0.335 e. The number of carboxylic acids is 1. The standard InChI is InChI=1S/C26H22O4S2/c1-3-7-17(18-9-5-10-20(16-18)26(27)28)15-19(8-4-2)24-22-23(30-13-12-29-22)25(32-24)21-11-6-14-31-21/h3-11,14-16H,1,12-13H2,2H3,(H,27,28)/b8-4-,17-7-,19-15+. The quantitative estimate of drug-likeness (QED) is 0.378. The number of benzene rings is 1. The van der Waals surface area contributed by atoms with Crippen molar-refractivity contribution in [3.63, 3.8) is 0 Å². The van der Waals surface area contributed by atoms with Crippen molar-refractivity contribution in [2.24, 2.45) is 0 Å². The monoisotopic (exact) mass is 462 g/mol. The van der Waals surface area contributed by atoms with E-state index in [-0.39, 0.29) is 5.56 Å². The van der Waals surface area contributed by atoms with Gasteiger partial charge in [0.25, 0.3) is 0 Å². The SMILES string of the molecule is C=C/C=C(/C=C(\C=C/C)c1sc(-c2cccs2)c2c1OCCO2)c1cccc(C(=O)O)c1. The summed E-state index contributed by atoms with van der Waals surface area (Å²) in [5.74, 6) is 0.586. The Morgan fingerprint density at radius 1 is 1.09 bits per heavy atom. The Morgan fingerprint density at radius 2 is 1.88 bits per heavy atom. The smallest absolute Gasteiger partial charge is 0.335 e. The highest BCUT2D eigenvalue weighted by Gasteiger charge is 2.27. The van der Waals surface area contributed by atoms with Crippen LogP contribution in [0, 0.1) is 0 Å². The van der Waals surface area contributed by atoms with Crippen LogP contribution in [-0.4, -0.2) is 24.3 Å². The normalized spacial score (nSPS) is 14.0. The lowest BCUT2D eigenvalue weighted by Crippen LogP contribution is -2.15. The molecule has 0 saturated heterocycles. The zero-order chi connectivity index (χ0) is 22.5. The van der Waals surface area contributed by atoms with Gasteiger partial charge in [-0.2, -0.15) is 0 Å². The lowest BCUT2D eigenvalue weighted by atomic mass is 9.99. The molecule has 0 amide bonds. The fourth-order valence-electron chi connectivity index (χ4n) is 3.43. The summed E-state index contributed by atoms with van der Waals surface area (Å²) >= 11 is 3.31. The third-order valence-corrected chi connectivity index (χ3v) is 7.05. The molecule has 0 atom stereocenters. The van der Waals surface area contributed by atoms with Crippen LogP contribution in [0.5, 0.6) is 11.5 Å². The van der Waals surface area contributed by atoms with Crippen LogP contribution in [0.4, 0.5) is 0 Å². The number of carbonyl (C=O) groups is 1. The van der Waals surface area contributed by atoms with E-state index in [0.29, 0.717) is 13.2 Å². The summed E-state index contributed by atoms with van der Waals surface area (Å²) in [6.07, 6.45) is 9.62. The van der Waals surface area contributed by atoms with Crippen molar-refractivity contribution in [2.75, 3.05) is 13.2 Å². The molecule has 3 aromatic rings. The predicted molar refractivity (Wildman–Crippen MR) is 133 cm³/mol. The summed E-state index contributed by atoms with van der Waals surface area (Å²) in [5.41, 5.74) is 2.85. The molecule has 0 saturated carbocycles. The van der Waals surface area contributed by atoms with Gasteiger partial charge < -0.3 is 14.6 Å². The first-order chi connectivity index (χ1) is 15.6. The summed E-state index contributed by atoms with van der Waals surface area (Å²) in [6, 6.07) is 11.0. The van der Waals surface area contributed by atoms with Gasteiger partial charge in [0.1, 0.15) is 13.2 Å². The van der Waals surface area contributed by atoms with E-state index < -0.39 is 5.97 Å². The van der Waals surface area contributed by atoms with Gasteiger partial charge >= 0.3 is 5.97 Å². The molecular weight excluding hydrogens is 440 g/mol. The van der Waals surface area contributed by atoms with Gasteiger partial charge in [-0.3, -0.25) is 0 Å². The van der Waals surface area contributed by atoms with E-state index in [9.17, 15) is 9.90 Å². The Labute approximate surface area is 195 Å². The Morgan fingerprint density at radius 3 is 2.56 bits per heavy atom. The molecule has 0 bridgehead atoms. The molecule has 1 N–H and O–H groups in total. The molecule has 1 aliphatic rings. The number of aromatic carboxylic acids is 1. The number of fused-ring (bicyclic) bond motifs is 1. The van der Waals surface area contributed by atoms with Crippen LogP contribution in [0.2, 0.25) is 0 Å². The Bertz CT molecular complexity index is 1230. The van der Waals surface area contributed by atoms with Crippen LogP contribution in [0.3, 0.4) is 0 Å². The second-order valence-corrected chi connectivity index (χ2v) is 8.90. The van der Waals surface area contributed by atoms with Crippen LogP contribution >= 0.6 is 22.7 Å². The van der Waals surface area contributed by atoms with Crippen LogP contribution < -0.4 is 9.47 Å². The molecule has 2 aromatic heterocycles. The topological polar surface area (TPSA) is 55.8 Å². The first kappa shape index (κ1) is 21.9. The van der Waals surface area contributed by atoms with Gasteiger partial charge in [-0.05, 0) is 53.3 Å². The molecule has 0 aliphatic carbocycles. The molecule has 0 radical (unpaired) electrons. The third-order valence-electron chi connectivity index (χ3n) is 4.80. The van der Waals surface area contributed by atoms with Crippen molar-refractivity contribution in [3.8, 4) is 21.3 Å². The molecule has 1 aliphatic heterocycles. The molecule has 4 rings (SSSR count). The van der Waals surface area contributed by atoms with Crippen molar-refractivity contribution in [3.05, 3.63) is 94.7 Å². The highest BCUT2D eigenvalue weighted by molar-refractivity contribution is 7.22. The Balaban J connectivity index is 1.86. The largest absolute Gasteiger partial charge is 0.485 e. The number of hydrogen-bond acceptors (Lipinski definition) is 5. The first-order valence-corrected chi connectivity index (χ1v) is 11.8. The average molecular weight is 463 g/mol. The van der Waals surface area contributed by atoms with Crippen LogP contribution in [0.25, 0.3) is 20.9 Å². The molecule has 32 heavy (non-hydrogen) atoms. The second kappa shape index (κ2) is 9.85. The van der Waals surface area contributed by atoms with E-state index in [2.05, 4.69) is 12.6 Å². The van der Waals surface area contributed by atoms with Gasteiger partial charge in [-0.15, -0.1) is 22.7 Å². The molecule has 3 heterocycles. The van der Waals surface area contributed by atoms with Gasteiger partial charge in [0.05, 0.1) is 15.3 Å². The average Bonchev–Trinajstić information content (AvgIpc) is 3.46. The fourth-order valence-corrected chi connectivity index (χ4v) is 5.47. The number of thiophene rings is 2. The van der Waals surface area contributed by atoms with Crippen molar-refractivity contribution >= 4 is 39.8 Å². The van der Waals surface area contributed by atoms with Crippen LogP contribution in [0.15, 0.2) is 78.7 Å². The van der Waals surface area contributed by atoms with Crippen LogP contribution in [0.1, 0.15) is 27.7 Å². The second-order valence-electron chi connectivity index (χ2n) is 6.94. The van der Waals surface area contributed by atoms with Gasteiger partial charge in [-0.25, -0.2) is 4.79 Å². The van der Waals surface area contributed by atoms with Gasteiger partial charge in [-0.1, -0.05) is 49.1 Å². The maximum atomic E-state index is 11.5. The van der Waals surface area contributed by atoms with Gasteiger partial charge in [0, 0.05) is 4.88 Å². The maximum absolute atomic E-state index is 11.5. The molecule has 0 unspecified atom stereocenters. The molecule has 6 heteroatoms. The predicted octanol–water partition coefficient (Wildman–Crippen LogP) is 7.18. The molecule has 162 valence electrons. The summed E-state index contributed by atoms with van der Waals surface area (Å²) in [6.45, 7) is 6.82. The van der Waals surface area contributed by atoms with E-state index in [1.807, 2.05) is 48.7 Å². The van der Waals surface area contributed by atoms with Crippen molar-refractivity contribution in [2.45, 2.75) is 6.92 Å². The first-order valence-electron chi connectivity index (χ1n) is 10.1. The molecular formula is C26H22O4S2. The fraction of sp³-hybridized carbons (Fsp3) is 0.115. The Kier molecular flexibility index (Phi) is 6.73. The minimum atomic E-state index is -0.957. The summed E-state index contributed by atoms with van der Waals surface area (Å²) < 4.78 is 12.1. The lowest BCUT2D eigenvalue weighted by Gasteiger charge is -2.17. The highest BCUT2D eigenvalue weighted by Crippen LogP contribution is 2.53. The molecule has 0 fully saturated rings. The Hall–Kier alpha value is -3.35. The molecule has 1 aromatic carbocycles. The zero-order valence-electron chi connectivity index (χ0n) is 17.5. The lowest BCUT2D eigenvalue weighted by molar-refractivity contribution is 0.0697. The minimum absolute atomic E-state index is 0.240. The van der Waals surface area contributed by atoms with Crippen LogP contribution in [-0.2, 0) is 0 Å². The summed E-state index contributed by atoms with van der Waals surface area (Å²) in [4.78, 5) is 14.6. The number of allylic oxidation sites excluding steroid dienone is 7. The number of ether oxygens (including phenoxy) is 2. The van der Waals surface area contributed by atoms with E-state index in [0.717, 1.165) is 42.8 Å². The van der Waals surface area contributed by atoms with E-state index >= 15 is 0 Å². The highest BCUT2D eigenvalue weighted by atomic mass is 32.1. The van der Waals surface area contributed by atoms with Crippen molar-refractivity contribution in [1.29, 1.82) is 0 Å². The minimum Gasteiger partial charge on any atom is -0.485 e. The third kappa shape index (κ3) is 4.47. The number of carboxylic acid groups (broad SMARTS) is 1. The molecule has 4 nitrogen and oxygen atoms in total. The van der Waals surface area contributed by atoms with E-state index in [1.165, 1.54) is 0 Å².